The molecular weight excluding hydrogens is 848 g/mol. The Hall–Kier alpha value is -8.78. The van der Waals surface area contributed by atoms with Crippen LogP contribution in [0.4, 0.5) is 0 Å². The van der Waals surface area contributed by atoms with Crippen molar-refractivity contribution >= 4 is 11.9 Å². The van der Waals surface area contributed by atoms with E-state index in [1.165, 1.54) is 24.3 Å². The molecule has 0 saturated heterocycles. The number of hydrogen-bond acceptors (Lipinski definition) is 20. The molecule has 330 valence electrons. The van der Waals surface area contributed by atoms with Gasteiger partial charge in [-0.1, -0.05) is 12.1 Å². The molecule has 0 bridgehead atoms. The van der Waals surface area contributed by atoms with E-state index in [4.69, 9.17) is 18.9 Å². The average molecular weight is 883 g/mol. The van der Waals surface area contributed by atoms with Crippen molar-refractivity contribution in [3.8, 4) is 92.0 Å². The highest BCUT2D eigenvalue weighted by atomic mass is 16.6. The van der Waals surface area contributed by atoms with Crippen LogP contribution in [0.5, 0.6) is 92.0 Å². The Kier molecular flexibility index (Phi) is 10.2. The maximum Gasteiger partial charge on any atom is 0.343 e. The van der Waals surface area contributed by atoms with Gasteiger partial charge in [-0.2, -0.15) is 0 Å². The molecule has 2 aliphatic heterocycles. The first-order valence-corrected chi connectivity index (χ1v) is 18.7. The van der Waals surface area contributed by atoms with Crippen molar-refractivity contribution in [2.24, 2.45) is 0 Å². The third kappa shape index (κ3) is 7.28. The standard InChI is InChI=1S/C44H34O20/c45-19-3-1-15(2-4-19)42-40(58)35(33-22(47)11-20(46)12-30(33)62-42)34-23(48)14-29-21(36(34)54)13-32(64-44(60)18-8-26(51)38(56)27(52)9-18)41(61-29)16-5-28(53)39(57)31(10-16)63-43(59)17-6-24(49)37(55)25(50)7-17/h1-12,14,32,35,40-42,45-58H,13H2. The van der Waals surface area contributed by atoms with E-state index in [2.05, 4.69) is 0 Å². The number of carbonyl (C=O) groups is 2. The van der Waals surface area contributed by atoms with Crippen molar-refractivity contribution in [3.05, 3.63) is 118 Å². The van der Waals surface area contributed by atoms with Crippen LogP contribution in [0.3, 0.4) is 0 Å². The van der Waals surface area contributed by atoms with E-state index in [1.807, 2.05) is 0 Å². The van der Waals surface area contributed by atoms with Gasteiger partial charge >= 0.3 is 11.9 Å². The zero-order valence-electron chi connectivity index (χ0n) is 32.3. The predicted octanol–water partition coefficient (Wildman–Crippen LogP) is 4.61. The number of carbonyl (C=O) groups excluding carboxylic acids is 2. The molecule has 20 heteroatoms. The molecule has 0 amide bonds. The molecule has 8 rings (SSSR count). The van der Waals surface area contributed by atoms with Crippen LogP contribution in [-0.4, -0.2) is 95.6 Å². The lowest BCUT2D eigenvalue weighted by atomic mass is 9.77. The highest BCUT2D eigenvalue weighted by molar-refractivity contribution is 5.93. The fourth-order valence-electron chi connectivity index (χ4n) is 7.67. The number of ether oxygens (including phenoxy) is 4. The van der Waals surface area contributed by atoms with Gasteiger partial charge in [-0.05, 0) is 54.1 Å². The summed E-state index contributed by atoms with van der Waals surface area (Å²) < 4.78 is 23.2. The number of hydrogen-bond donors (Lipinski definition) is 14. The van der Waals surface area contributed by atoms with Crippen LogP contribution in [-0.2, 0) is 11.2 Å². The first-order chi connectivity index (χ1) is 30.3. The fourth-order valence-corrected chi connectivity index (χ4v) is 7.67. The summed E-state index contributed by atoms with van der Waals surface area (Å²) in [6.45, 7) is 0. The lowest BCUT2D eigenvalue weighted by Gasteiger charge is -2.39. The summed E-state index contributed by atoms with van der Waals surface area (Å²) in [4.78, 5) is 26.7. The van der Waals surface area contributed by atoms with Crippen LogP contribution < -0.4 is 14.2 Å². The summed E-state index contributed by atoms with van der Waals surface area (Å²) in [5.41, 5.74) is -1.68. The monoisotopic (exact) mass is 882 g/mol. The molecule has 5 unspecified atom stereocenters. The van der Waals surface area contributed by atoms with Crippen LogP contribution in [0.25, 0.3) is 0 Å². The van der Waals surface area contributed by atoms with Crippen LogP contribution in [0.15, 0.2) is 78.9 Å². The first kappa shape index (κ1) is 41.9. The number of fused-ring (bicyclic) bond motifs is 2. The van der Waals surface area contributed by atoms with Crippen LogP contribution in [0.2, 0.25) is 0 Å². The van der Waals surface area contributed by atoms with Crippen molar-refractivity contribution in [1.29, 1.82) is 0 Å². The van der Waals surface area contributed by atoms with E-state index in [0.29, 0.717) is 5.56 Å². The Bertz CT molecular complexity index is 2850. The second kappa shape index (κ2) is 15.6. The van der Waals surface area contributed by atoms with Crippen molar-refractivity contribution in [2.45, 2.75) is 36.8 Å². The van der Waals surface area contributed by atoms with Gasteiger partial charge in [0.25, 0.3) is 0 Å². The molecular formula is C44H34O20. The molecule has 14 N–H and O–H groups in total. The molecule has 0 aromatic heterocycles. The molecule has 0 saturated carbocycles. The predicted molar refractivity (Wildman–Crippen MR) is 213 cm³/mol. The van der Waals surface area contributed by atoms with Gasteiger partial charge in [0.1, 0.15) is 52.5 Å². The van der Waals surface area contributed by atoms with E-state index < -0.39 is 140 Å². The minimum absolute atomic E-state index is 0.116. The topological polar surface area (TPSA) is 354 Å². The summed E-state index contributed by atoms with van der Waals surface area (Å²) in [7, 11) is 0. The molecule has 6 aromatic rings. The lowest BCUT2D eigenvalue weighted by Crippen LogP contribution is -2.36. The van der Waals surface area contributed by atoms with Crippen molar-refractivity contribution in [3.63, 3.8) is 0 Å². The van der Waals surface area contributed by atoms with Crippen LogP contribution >= 0.6 is 0 Å². The number of aromatic hydroxyl groups is 13. The zero-order valence-corrected chi connectivity index (χ0v) is 32.3. The van der Waals surface area contributed by atoms with Gasteiger partial charge in [-0.3, -0.25) is 0 Å². The Labute approximate surface area is 358 Å². The molecule has 0 spiro atoms. The second-order valence-electron chi connectivity index (χ2n) is 14.8. The Morgan fingerprint density at radius 2 is 1.05 bits per heavy atom. The normalized spacial score (nSPS) is 18.7. The minimum Gasteiger partial charge on any atom is -0.508 e. The van der Waals surface area contributed by atoms with E-state index in [1.54, 1.807) is 0 Å². The molecule has 0 radical (unpaired) electrons. The van der Waals surface area contributed by atoms with E-state index in [-0.39, 0.29) is 33.9 Å². The van der Waals surface area contributed by atoms with Crippen LogP contribution in [0.1, 0.15) is 66.7 Å². The van der Waals surface area contributed by atoms with Crippen molar-refractivity contribution < 1.29 is 100 Å². The van der Waals surface area contributed by atoms with Crippen molar-refractivity contribution in [1.82, 2.24) is 0 Å². The Morgan fingerprint density at radius 1 is 0.500 bits per heavy atom. The van der Waals surface area contributed by atoms with Gasteiger partial charge in [0, 0.05) is 46.9 Å². The Balaban J connectivity index is 1.23. The maximum absolute atomic E-state index is 13.7. The summed E-state index contributed by atoms with van der Waals surface area (Å²) in [6, 6.07) is 13.5. The van der Waals surface area contributed by atoms with E-state index in [0.717, 1.165) is 54.6 Å². The van der Waals surface area contributed by atoms with E-state index in [9.17, 15) is 81.1 Å². The molecule has 64 heavy (non-hydrogen) atoms. The number of aliphatic hydroxyl groups is 1. The number of aliphatic hydroxyl groups excluding tert-OH is 1. The van der Waals surface area contributed by atoms with E-state index >= 15 is 0 Å². The molecule has 2 aliphatic rings. The maximum atomic E-state index is 13.7. The number of benzene rings is 6. The number of phenolic OH excluding ortho intramolecular Hbond substituents is 13. The Morgan fingerprint density at radius 3 is 1.66 bits per heavy atom. The molecule has 0 fully saturated rings. The number of esters is 2. The summed E-state index contributed by atoms with van der Waals surface area (Å²) in [6.07, 6.45) is -6.77. The minimum atomic E-state index is -1.71. The van der Waals surface area contributed by atoms with Gasteiger partial charge in [-0.25, -0.2) is 9.59 Å². The summed E-state index contributed by atoms with van der Waals surface area (Å²) >= 11 is 0. The van der Waals surface area contributed by atoms with Gasteiger partial charge in [0.15, 0.2) is 58.2 Å². The third-order valence-corrected chi connectivity index (χ3v) is 10.7. The highest BCUT2D eigenvalue weighted by Crippen LogP contribution is 2.57. The molecule has 6 aromatic carbocycles. The van der Waals surface area contributed by atoms with Gasteiger partial charge in [0.2, 0.25) is 5.75 Å². The van der Waals surface area contributed by atoms with Gasteiger partial charge < -0.3 is 90.4 Å². The first-order valence-electron chi connectivity index (χ1n) is 18.7. The zero-order chi connectivity index (χ0) is 46.0. The molecule has 5 atom stereocenters. The number of phenols is 13. The van der Waals surface area contributed by atoms with Gasteiger partial charge in [0.05, 0.1) is 17.0 Å². The van der Waals surface area contributed by atoms with Crippen molar-refractivity contribution in [2.75, 3.05) is 0 Å². The van der Waals surface area contributed by atoms with Gasteiger partial charge in [-0.15, -0.1) is 0 Å². The fraction of sp³-hybridized carbons (Fsp3) is 0.136. The molecule has 2 heterocycles. The summed E-state index contributed by atoms with van der Waals surface area (Å²) in [5.74, 6) is -15.4. The number of rotatable bonds is 7. The third-order valence-electron chi connectivity index (χ3n) is 10.7. The molecule has 0 aliphatic carbocycles. The lowest BCUT2D eigenvalue weighted by molar-refractivity contribution is -0.0191. The highest BCUT2D eigenvalue weighted by Gasteiger charge is 2.46. The molecule has 20 nitrogen and oxygen atoms in total. The summed E-state index contributed by atoms with van der Waals surface area (Å²) in [5, 5.41) is 148. The van der Waals surface area contributed by atoms with Crippen LogP contribution in [0, 0.1) is 0 Å². The quantitative estimate of drug-likeness (QED) is 0.0591. The second-order valence-corrected chi connectivity index (χ2v) is 14.8. The smallest absolute Gasteiger partial charge is 0.343 e. The SMILES string of the molecule is O=C(Oc1cc(C2Oc3cc(O)c(C4c5c(O)cc(O)cc5OC(c5ccc(O)cc5)C4O)c(O)c3CC2OC(=O)c2cc(O)c(O)c(O)c2)cc(O)c1O)c1cc(O)c(O)c(O)c1. The average Bonchev–Trinajstić information content (AvgIpc) is 3.24. The largest absolute Gasteiger partial charge is 0.508 e.